The van der Waals surface area contributed by atoms with Crippen LogP contribution in [0.5, 0.6) is 0 Å². The maximum absolute atomic E-state index is 4.06. The standard InChI is InChI=1S/C15H17N3S2/c1-12(9-18-5-4-16-11-18)17-8-14-7-13(10-20-14)15-3-2-6-19-15/h2-7,10-12,17H,8-9H2,1H3. The van der Waals surface area contributed by atoms with E-state index in [0.717, 1.165) is 13.1 Å². The third-order valence-electron chi connectivity index (χ3n) is 3.13. The van der Waals surface area contributed by atoms with Gasteiger partial charge in [0.15, 0.2) is 0 Å². The lowest BCUT2D eigenvalue weighted by molar-refractivity contribution is 0.478. The van der Waals surface area contributed by atoms with Crippen LogP contribution >= 0.6 is 22.7 Å². The highest BCUT2D eigenvalue weighted by molar-refractivity contribution is 7.14. The highest BCUT2D eigenvalue weighted by Crippen LogP contribution is 2.29. The van der Waals surface area contributed by atoms with Gasteiger partial charge in [0.2, 0.25) is 0 Å². The van der Waals surface area contributed by atoms with Crippen LogP contribution in [0, 0.1) is 0 Å². The number of nitrogens with zero attached hydrogens (tertiary/aromatic N) is 2. The van der Waals surface area contributed by atoms with Gasteiger partial charge in [-0.15, -0.1) is 22.7 Å². The van der Waals surface area contributed by atoms with Crippen LogP contribution in [0.25, 0.3) is 10.4 Å². The van der Waals surface area contributed by atoms with Gasteiger partial charge >= 0.3 is 0 Å². The number of imidazole rings is 1. The molecule has 3 rings (SSSR count). The van der Waals surface area contributed by atoms with Gasteiger partial charge in [-0.25, -0.2) is 4.98 Å². The molecule has 0 saturated heterocycles. The zero-order valence-electron chi connectivity index (χ0n) is 11.3. The van der Waals surface area contributed by atoms with Gasteiger partial charge in [0, 0.05) is 46.8 Å². The fourth-order valence-corrected chi connectivity index (χ4v) is 3.72. The Morgan fingerprint density at radius 2 is 2.35 bits per heavy atom. The topological polar surface area (TPSA) is 29.9 Å². The third-order valence-corrected chi connectivity index (χ3v) is 4.98. The smallest absolute Gasteiger partial charge is 0.0946 e. The summed E-state index contributed by atoms with van der Waals surface area (Å²) in [6.07, 6.45) is 5.68. The molecule has 104 valence electrons. The van der Waals surface area contributed by atoms with Crippen LogP contribution in [0.1, 0.15) is 11.8 Å². The van der Waals surface area contributed by atoms with Crippen LogP contribution in [-0.4, -0.2) is 15.6 Å². The first-order chi connectivity index (χ1) is 9.81. The molecule has 0 aliphatic carbocycles. The van der Waals surface area contributed by atoms with Crippen molar-refractivity contribution in [2.75, 3.05) is 0 Å². The Morgan fingerprint density at radius 1 is 1.40 bits per heavy atom. The Hall–Kier alpha value is -1.43. The summed E-state index contributed by atoms with van der Waals surface area (Å²) in [4.78, 5) is 6.79. The molecule has 3 nitrogen and oxygen atoms in total. The normalized spacial score (nSPS) is 12.7. The molecule has 0 radical (unpaired) electrons. The second kappa shape index (κ2) is 6.35. The van der Waals surface area contributed by atoms with Crippen LogP contribution in [0.2, 0.25) is 0 Å². The van der Waals surface area contributed by atoms with Gasteiger partial charge in [-0.3, -0.25) is 0 Å². The van der Waals surface area contributed by atoms with E-state index in [1.807, 2.05) is 30.1 Å². The lowest BCUT2D eigenvalue weighted by Gasteiger charge is -2.13. The molecule has 0 saturated carbocycles. The van der Waals surface area contributed by atoms with Gasteiger partial charge in [-0.05, 0) is 29.8 Å². The van der Waals surface area contributed by atoms with Crippen molar-refractivity contribution < 1.29 is 0 Å². The maximum Gasteiger partial charge on any atom is 0.0946 e. The molecule has 0 aromatic carbocycles. The summed E-state index contributed by atoms with van der Waals surface area (Å²) in [6.45, 7) is 4.07. The summed E-state index contributed by atoms with van der Waals surface area (Å²) >= 11 is 3.62. The second-order valence-electron chi connectivity index (χ2n) is 4.82. The molecule has 0 spiro atoms. The Morgan fingerprint density at radius 3 is 3.10 bits per heavy atom. The second-order valence-corrected chi connectivity index (χ2v) is 6.76. The molecule has 0 aliphatic rings. The summed E-state index contributed by atoms with van der Waals surface area (Å²) in [5.41, 5.74) is 1.34. The van der Waals surface area contributed by atoms with Gasteiger partial charge in [-0.1, -0.05) is 6.07 Å². The summed E-state index contributed by atoms with van der Waals surface area (Å²) in [7, 11) is 0. The van der Waals surface area contributed by atoms with Gasteiger partial charge in [0.05, 0.1) is 6.33 Å². The zero-order valence-corrected chi connectivity index (χ0v) is 13.0. The molecule has 0 aliphatic heterocycles. The first kappa shape index (κ1) is 13.5. The lowest BCUT2D eigenvalue weighted by Crippen LogP contribution is -2.29. The molecule has 0 fully saturated rings. The van der Waals surface area contributed by atoms with E-state index >= 15 is 0 Å². The molecule has 20 heavy (non-hydrogen) atoms. The fourth-order valence-electron chi connectivity index (χ4n) is 2.10. The van der Waals surface area contributed by atoms with Crippen molar-refractivity contribution in [2.24, 2.45) is 0 Å². The van der Waals surface area contributed by atoms with E-state index in [1.54, 1.807) is 11.3 Å². The molecule has 3 heterocycles. The van der Waals surface area contributed by atoms with E-state index in [0.29, 0.717) is 6.04 Å². The van der Waals surface area contributed by atoms with Crippen molar-refractivity contribution in [2.45, 2.75) is 26.1 Å². The Labute approximate surface area is 126 Å². The van der Waals surface area contributed by atoms with Crippen LogP contribution in [0.4, 0.5) is 0 Å². The van der Waals surface area contributed by atoms with Crippen LogP contribution < -0.4 is 5.32 Å². The Balaban J connectivity index is 1.53. The number of rotatable bonds is 6. The molecule has 3 aromatic heterocycles. The van der Waals surface area contributed by atoms with Crippen molar-refractivity contribution in [1.29, 1.82) is 0 Å². The quantitative estimate of drug-likeness (QED) is 0.749. The molecule has 0 bridgehead atoms. The van der Waals surface area contributed by atoms with E-state index in [2.05, 4.69) is 50.8 Å². The predicted molar refractivity (Wildman–Crippen MR) is 86.2 cm³/mol. The van der Waals surface area contributed by atoms with E-state index in [4.69, 9.17) is 0 Å². The molecule has 0 amide bonds. The summed E-state index contributed by atoms with van der Waals surface area (Å²) in [6, 6.07) is 6.98. The number of hydrogen-bond donors (Lipinski definition) is 1. The minimum absolute atomic E-state index is 0.427. The SMILES string of the molecule is CC(Cn1ccnc1)NCc1cc(-c2cccs2)cs1. The summed E-state index contributed by atoms with van der Waals surface area (Å²) in [5.74, 6) is 0. The van der Waals surface area contributed by atoms with E-state index < -0.39 is 0 Å². The fraction of sp³-hybridized carbons (Fsp3) is 0.267. The molecule has 1 atom stereocenters. The van der Waals surface area contributed by atoms with Crippen molar-refractivity contribution >= 4 is 22.7 Å². The lowest BCUT2D eigenvalue weighted by atomic mass is 10.2. The monoisotopic (exact) mass is 303 g/mol. The predicted octanol–water partition coefficient (Wildman–Crippen LogP) is 3.85. The van der Waals surface area contributed by atoms with Crippen LogP contribution in [-0.2, 0) is 13.1 Å². The minimum Gasteiger partial charge on any atom is -0.336 e. The zero-order chi connectivity index (χ0) is 13.8. The van der Waals surface area contributed by atoms with E-state index in [9.17, 15) is 0 Å². The molecular weight excluding hydrogens is 286 g/mol. The largest absolute Gasteiger partial charge is 0.336 e. The Bertz CT molecular complexity index is 626. The average molecular weight is 303 g/mol. The van der Waals surface area contributed by atoms with Crippen molar-refractivity contribution in [3.8, 4) is 10.4 Å². The van der Waals surface area contributed by atoms with Crippen LogP contribution in [0.3, 0.4) is 0 Å². The first-order valence-electron chi connectivity index (χ1n) is 6.61. The number of hydrogen-bond acceptors (Lipinski definition) is 4. The molecule has 3 aromatic rings. The van der Waals surface area contributed by atoms with Gasteiger partial charge < -0.3 is 9.88 Å². The van der Waals surface area contributed by atoms with Crippen molar-refractivity contribution in [1.82, 2.24) is 14.9 Å². The minimum atomic E-state index is 0.427. The average Bonchev–Trinajstić information content (AvgIpc) is 3.18. The maximum atomic E-state index is 4.06. The van der Waals surface area contributed by atoms with E-state index in [-0.39, 0.29) is 0 Å². The molecule has 1 N–H and O–H groups in total. The molecular formula is C15H17N3S2. The summed E-state index contributed by atoms with van der Waals surface area (Å²) < 4.78 is 2.10. The van der Waals surface area contributed by atoms with Crippen molar-refractivity contribution in [3.63, 3.8) is 0 Å². The highest BCUT2D eigenvalue weighted by Gasteiger charge is 2.06. The van der Waals surface area contributed by atoms with Gasteiger partial charge in [-0.2, -0.15) is 0 Å². The summed E-state index contributed by atoms with van der Waals surface area (Å²) in [5, 5.41) is 7.92. The van der Waals surface area contributed by atoms with Gasteiger partial charge in [0.1, 0.15) is 0 Å². The highest BCUT2D eigenvalue weighted by atomic mass is 32.1. The number of nitrogens with one attached hydrogen (secondary N) is 1. The number of thiophene rings is 2. The van der Waals surface area contributed by atoms with E-state index in [1.165, 1.54) is 15.3 Å². The Kier molecular flexibility index (Phi) is 4.30. The third kappa shape index (κ3) is 3.36. The first-order valence-corrected chi connectivity index (χ1v) is 8.37. The number of aromatic nitrogens is 2. The van der Waals surface area contributed by atoms with Crippen molar-refractivity contribution in [3.05, 3.63) is 52.6 Å². The van der Waals surface area contributed by atoms with Gasteiger partial charge in [0.25, 0.3) is 0 Å². The molecule has 1 unspecified atom stereocenters. The van der Waals surface area contributed by atoms with Crippen LogP contribution in [0.15, 0.2) is 47.7 Å². The molecule has 5 heteroatoms.